The highest BCUT2D eigenvalue weighted by Crippen LogP contribution is 2.13. The van der Waals surface area contributed by atoms with Crippen molar-refractivity contribution in [3.8, 4) is 0 Å². The second-order valence-corrected chi connectivity index (χ2v) is 3.42. The SMILES string of the molecule is C=CCCC(O)CC(Cl)Cl. The van der Waals surface area contributed by atoms with Gasteiger partial charge in [-0.2, -0.15) is 0 Å². The van der Waals surface area contributed by atoms with Gasteiger partial charge in [0.2, 0.25) is 0 Å². The molecule has 0 saturated carbocycles. The fraction of sp³-hybridized carbons (Fsp3) is 0.714. The number of rotatable bonds is 5. The molecular formula is C7H12Cl2O. The summed E-state index contributed by atoms with van der Waals surface area (Å²) in [5, 5.41) is 9.13. The predicted molar refractivity (Wildman–Crippen MR) is 45.5 cm³/mol. The van der Waals surface area contributed by atoms with E-state index >= 15 is 0 Å². The van der Waals surface area contributed by atoms with Crippen LogP contribution in [0.15, 0.2) is 12.7 Å². The highest BCUT2D eigenvalue weighted by molar-refractivity contribution is 6.44. The standard InChI is InChI=1S/C7H12Cl2O/c1-2-3-4-6(10)5-7(8)9/h2,6-7,10H,1,3-5H2. The van der Waals surface area contributed by atoms with E-state index in [4.69, 9.17) is 28.3 Å². The molecule has 60 valence electrons. The van der Waals surface area contributed by atoms with E-state index in [1.54, 1.807) is 6.08 Å². The third kappa shape index (κ3) is 6.40. The highest BCUT2D eigenvalue weighted by Gasteiger charge is 2.07. The molecule has 1 N–H and O–H groups in total. The minimum absolute atomic E-state index is 0.391. The highest BCUT2D eigenvalue weighted by atomic mass is 35.5. The van der Waals surface area contributed by atoms with E-state index in [-0.39, 0.29) is 0 Å². The van der Waals surface area contributed by atoms with E-state index in [0.29, 0.717) is 12.8 Å². The van der Waals surface area contributed by atoms with Gasteiger partial charge in [-0.1, -0.05) is 6.08 Å². The summed E-state index contributed by atoms with van der Waals surface area (Å²) < 4.78 is 0. The van der Waals surface area contributed by atoms with Crippen molar-refractivity contribution in [2.75, 3.05) is 0 Å². The Morgan fingerprint density at radius 2 is 2.10 bits per heavy atom. The molecule has 0 heterocycles. The monoisotopic (exact) mass is 182 g/mol. The maximum absolute atomic E-state index is 9.13. The molecule has 0 aromatic rings. The molecule has 0 amide bonds. The van der Waals surface area contributed by atoms with Crippen LogP contribution in [0.5, 0.6) is 0 Å². The van der Waals surface area contributed by atoms with Crippen molar-refractivity contribution in [3.63, 3.8) is 0 Å². The first-order chi connectivity index (χ1) is 4.66. The van der Waals surface area contributed by atoms with Crippen molar-refractivity contribution in [1.82, 2.24) is 0 Å². The van der Waals surface area contributed by atoms with Crippen LogP contribution in [0.25, 0.3) is 0 Å². The molecule has 0 aromatic heterocycles. The van der Waals surface area contributed by atoms with E-state index in [0.717, 1.165) is 6.42 Å². The van der Waals surface area contributed by atoms with Crippen molar-refractivity contribution in [1.29, 1.82) is 0 Å². The molecule has 0 aliphatic rings. The normalized spacial score (nSPS) is 13.6. The Balaban J connectivity index is 3.24. The van der Waals surface area contributed by atoms with Crippen LogP contribution in [-0.4, -0.2) is 16.0 Å². The molecule has 0 aliphatic heterocycles. The van der Waals surface area contributed by atoms with Gasteiger partial charge in [-0.15, -0.1) is 29.8 Å². The van der Waals surface area contributed by atoms with Gasteiger partial charge < -0.3 is 5.11 Å². The van der Waals surface area contributed by atoms with Gasteiger partial charge in [0.1, 0.15) is 4.84 Å². The first-order valence-electron chi connectivity index (χ1n) is 3.24. The van der Waals surface area contributed by atoms with Crippen LogP contribution in [0.1, 0.15) is 19.3 Å². The minimum atomic E-state index is -0.459. The molecule has 0 fully saturated rings. The molecular weight excluding hydrogens is 171 g/mol. The van der Waals surface area contributed by atoms with Gasteiger partial charge >= 0.3 is 0 Å². The zero-order chi connectivity index (χ0) is 7.98. The van der Waals surface area contributed by atoms with Crippen LogP contribution >= 0.6 is 23.2 Å². The van der Waals surface area contributed by atoms with Crippen molar-refractivity contribution < 1.29 is 5.11 Å². The summed E-state index contributed by atoms with van der Waals surface area (Å²) in [6, 6.07) is 0. The summed E-state index contributed by atoms with van der Waals surface area (Å²) in [6.45, 7) is 3.53. The molecule has 0 aromatic carbocycles. The van der Waals surface area contributed by atoms with Gasteiger partial charge in [-0.25, -0.2) is 0 Å². The minimum Gasteiger partial charge on any atom is -0.393 e. The Morgan fingerprint density at radius 1 is 1.50 bits per heavy atom. The number of allylic oxidation sites excluding steroid dienone is 1. The number of alkyl halides is 2. The van der Waals surface area contributed by atoms with Gasteiger partial charge in [0.15, 0.2) is 0 Å². The molecule has 0 radical (unpaired) electrons. The van der Waals surface area contributed by atoms with Crippen LogP contribution in [0, 0.1) is 0 Å². The van der Waals surface area contributed by atoms with Gasteiger partial charge in [0.05, 0.1) is 6.10 Å². The number of hydrogen-bond acceptors (Lipinski definition) is 1. The van der Waals surface area contributed by atoms with Gasteiger partial charge in [-0.05, 0) is 12.8 Å². The Hall–Kier alpha value is 0.280. The molecule has 1 nitrogen and oxygen atoms in total. The van der Waals surface area contributed by atoms with Gasteiger partial charge in [0.25, 0.3) is 0 Å². The Bertz CT molecular complexity index is 93.6. The third-order valence-electron chi connectivity index (χ3n) is 1.15. The number of aliphatic hydroxyl groups is 1. The first kappa shape index (κ1) is 10.3. The van der Waals surface area contributed by atoms with Crippen molar-refractivity contribution in [2.24, 2.45) is 0 Å². The average molecular weight is 183 g/mol. The molecule has 1 atom stereocenters. The van der Waals surface area contributed by atoms with Gasteiger partial charge in [0, 0.05) is 6.42 Å². The van der Waals surface area contributed by atoms with Crippen molar-refractivity contribution in [2.45, 2.75) is 30.2 Å². The van der Waals surface area contributed by atoms with Crippen LogP contribution in [0.3, 0.4) is 0 Å². The second kappa shape index (κ2) is 6.02. The molecule has 0 aliphatic carbocycles. The number of hydrogen-bond donors (Lipinski definition) is 1. The Morgan fingerprint density at radius 3 is 2.50 bits per heavy atom. The van der Waals surface area contributed by atoms with Crippen LogP contribution in [0.4, 0.5) is 0 Å². The fourth-order valence-electron chi connectivity index (χ4n) is 0.634. The number of aliphatic hydroxyl groups excluding tert-OH is 1. The summed E-state index contributed by atoms with van der Waals surface area (Å²) >= 11 is 10.9. The average Bonchev–Trinajstić information content (AvgIpc) is 1.82. The first-order valence-corrected chi connectivity index (χ1v) is 4.11. The van der Waals surface area contributed by atoms with E-state index in [9.17, 15) is 0 Å². The summed E-state index contributed by atoms with van der Waals surface area (Å²) in [5.74, 6) is 0. The lowest BCUT2D eigenvalue weighted by Crippen LogP contribution is -2.09. The lowest BCUT2D eigenvalue weighted by Gasteiger charge is -2.08. The fourth-order valence-corrected chi connectivity index (χ4v) is 1.05. The third-order valence-corrected chi connectivity index (χ3v) is 1.51. The zero-order valence-electron chi connectivity index (χ0n) is 5.76. The zero-order valence-corrected chi connectivity index (χ0v) is 7.28. The predicted octanol–water partition coefficient (Wildman–Crippen LogP) is 2.51. The second-order valence-electron chi connectivity index (χ2n) is 2.15. The molecule has 0 saturated heterocycles. The molecule has 0 spiro atoms. The lowest BCUT2D eigenvalue weighted by molar-refractivity contribution is 0.160. The smallest absolute Gasteiger partial charge is 0.110 e. The molecule has 3 heteroatoms. The van der Waals surface area contributed by atoms with Crippen LogP contribution < -0.4 is 0 Å². The van der Waals surface area contributed by atoms with E-state index in [2.05, 4.69) is 6.58 Å². The summed E-state index contributed by atoms with van der Waals surface area (Å²) in [6.07, 6.45) is 3.32. The Kier molecular flexibility index (Phi) is 6.19. The van der Waals surface area contributed by atoms with Crippen LogP contribution in [-0.2, 0) is 0 Å². The van der Waals surface area contributed by atoms with Crippen molar-refractivity contribution >= 4 is 23.2 Å². The van der Waals surface area contributed by atoms with E-state index in [1.807, 2.05) is 0 Å². The number of halogens is 2. The quantitative estimate of drug-likeness (QED) is 0.512. The Labute approximate surface area is 71.6 Å². The lowest BCUT2D eigenvalue weighted by atomic mass is 10.1. The molecule has 1 unspecified atom stereocenters. The topological polar surface area (TPSA) is 20.2 Å². The summed E-state index contributed by atoms with van der Waals surface area (Å²) in [7, 11) is 0. The summed E-state index contributed by atoms with van der Waals surface area (Å²) in [4.78, 5) is -0.459. The molecule has 0 rings (SSSR count). The van der Waals surface area contributed by atoms with E-state index < -0.39 is 10.9 Å². The maximum atomic E-state index is 9.13. The van der Waals surface area contributed by atoms with Crippen LogP contribution in [0.2, 0.25) is 0 Å². The molecule has 0 bridgehead atoms. The maximum Gasteiger partial charge on any atom is 0.110 e. The largest absolute Gasteiger partial charge is 0.393 e. The molecule has 10 heavy (non-hydrogen) atoms. The van der Waals surface area contributed by atoms with Crippen molar-refractivity contribution in [3.05, 3.63) is 12.7 Å². The van der Waals surface area contributed by atoms with E-state index in [1.165, 1.54) is 0 Å². The van der Waals surface area contributed by atoms with Gasteiger partial charge in [-0.3, -0.25) is 0 Å². The summed E-state index contributed by atoms with van der Waals surface area (Å²) in [5.41, 5.74) is 0.